The molecule has 25 heavy (non-hydrogen) atoms. The van der Waals surface area contributed by atoms with E-state index in [9.17, 15) is 0 Å². The summed E-state index contributed by atoms with van der Waals surface area (Å²) in [4.78, 5) is 0. The van der Waals surface area contributed by atoms with Gasteiger partial charge in [0, 0.05) is 0 Å². The third-order valence-corrected chi connectivity index (χ3v) is 9.70. The Morgan fingerprint density at radius 2 is 1.08 bits per heavy atom. The van der Waals surface area contributed by atoms with Gasteiger partial charge in [-0.2, -0.15) is 0 Å². The second-order valence-corrected chi connectivity index (χ2v) is 11.8. The molecule has 1 nitrogen and oxygen atoms in total. The zero-order chi connectivity index (χ0) is 17.9. The van der Waals surface area contributed by atoms with Gasteiger partial charge in [-0.1, -0.05) is 99.6 Å². The summed E-state index contributed by atoms with van der Waals surface area (Å²) in [5.74, 6) is 0.983. The molecule has 0 aliphatic heterocycles. The molecule has 0 atom stereocenters. The Bertz CT molecular complexity index is 780. The summed E-state index contributed by atoms with van der Waals surface area (Å²) in [5.41, 5.74) is 1.18. The van der Waals surface area contributed by atoms with Crippen molar-refractivity contribution in [2.75, 3.05) is 0 Å². The van der Waals surface area contributed by atoms with Crippen LogP contribution in [0.15, 0.2) is 84.9 Å². The van der Waals surface area contributed by atoms with Crippen molar-refractivity contribution in [3.8, 4) is 5.75 Å². The minimum absolute atomic E-state index is 0.0159. The fraction of sp³-hybridized carbons (Fsp3) is 0.217. The highest BCUT2D eigenvalue weighted by Gasteiger charge is 2.52. The highest BCUT2D eigenvalue weighted by atomic mass is 28.4. The van der Waals surface area contributed by atoms with E-state index in [1.54, 1.807) is 0 Å². The van der Waals surface area contributed by atoms with Crippen molar-refractivity contribution in [1.82, 2.24) is 0 Å². The maximum Gasteiger partial charge on any atom is 0.319 e. The SMILES string of the molecule is Cc1ccccc1O[Si](c1ccccc1)(c1ccccc1)C(C)(C)C. The number of rotatable bonds is 4. The highest BCUT2D eigenvalue weighted by molar-refractivity contribution is 7.00. The Morgan fingerprint density at radius 3 is 1.52 bits per heavy atom. The predicted octanol–water partition coefficient (Wildman–Crippen LogP) is 4.93. The lowest BCUT2D eigenvalue weighted by atomic mass is 10.2. The molecule has 0 N–H and O–H groups in total. The molecule has 128 valence electrons. The van der Waals surface area contributed by atoms with Crippen LogP contribution in [-0.4, -0.2) is 8.32 Å². The van der Waals surface area contributed by atoms with Crippen LogP contribution in [0.3, 0.4) is 0 Å². The summed E-state index contributed by atoms with van der Waals surface area (Å²) in [6.45, 7) is 9.03. The van der Waals surface area contributed by atoms with Gasteiger partial charge in [-0.05, 0) is 34.0 Å². The second-order valence-electron chi connectivity index (χ2n) is 7.53. The van der Waals surface area contributed by atoms with Gasteiger partial charge in [0.1, 0.15) is 5.75 Å². The largest absolute Gasteiger partial charge is 0.534 e. The van der Waals surface area contributed by atoms with E-state index in [1.807, 2.05) is 0 Å². The molecule has 0 saturated carbocycles. The van der Waals surface area contributed by atoms with E-state index in [0.29, 0.717) is 0 Å². The van der Waals surface area contributed by atoms with Gasteiger partial charge in [-0.15, -0.1) is 0 Å². The maximum atomic E-state index is 7.01. The van der Waals surface area contributed by atoms with Crippen molar-refractivity contribution in [2.24, 2.45) is 0 Å². The zero-order valence-corrected chi connectivity index (χ0v) is 16.5. The lowest BCUT2D eigenvalue weighted by molar-refractivity contribution is 0.505. The van der Waals surface area contributed by atoms with Crippen LogP contribution in [0.25, 0.3) is 0 Å². The number of hydrogen-bond donors (Lipinski definition) is 0. The summed E-state index contributed by atoms with van der Waals surface area (Å²) in [7, 11) is -2.52. The van der Waals surface area contributed by atoms with Gasteiger partial charge < -0.3 is 4.43 Å². The number of aryl methyl sites for hydroxylation is 1. The van der Waals surface area contributed by atoms with Crippen molar-refractivity contribution in [3.63, 3.8) is 0 Å². The highest BCUT2D eigenvalue weighted by Crippen LogP contribution is 2.38. The van der Waals surface area contributed by atoms with Crippen molar-refractivity contribution in [3.05, 3.63) is 90.5 Å². The first-order chi connectivity index (χ1) is 11.9. The molecule has 3 aromatic rings. The van der Waals surface area contributed by atoms with E-state index >= 15 is 0 Å². The average molecular weight is 347 g/mol. The van der Waals surface area contributed by atoms with E-state index in [0.717, 1.165) is 5.75 Å². The molecule has 0 bridgehead atoms. The molecule has 0 aliphatic rings. The smallest absolute Gasteiger partial charge is 0.319 e. The van der Waals surface area contributed by atoms with Gasteiger partial charge in [-0.25, -0.2) is 0 Å². The molecule has 0 fully saturated rings. The normalized spacial score (nSPS) is 12.0. The standard InChI is InChI=1S/C23H26OSi/c1-19-13-11-12-18-22(19)24-25(23(2,3)4,20-14-7-5-8-15-20)21-16-9-6-10-17-21/h5-18H,1-4H3. The van der Waals surface area contributed by atoms with Gasteiger partial charge in [-0.3, -0.25) is 0 Å². The first-order valence-corrected chi connectivity index (χ1v) is 10.7. The average Bonchev–Trinajstić information content (AvgIpc) is 2.61. The summed E-state index contributed by atoms with van der Waals surface area (Å²) < 4.78 is 7.01. The number of para-hydroxylation sites is 1. The van der Waals surface area contributed by atoms with Crippen LogP contribution in [-0.2, 0) is 0 Å². The molecular weight excluding hydrogens is 320 g/mol. The molecule has 0 saturated heterocycles. The Kier molecular flexibility index (Phi) is 4.82. The lowest BCUT2D eigenvalue weighted by Gasteiger charge is -2.43. The summed E-state index contributed by atoms with van der Waals surface area (Å²) in [6, 6.07) is 29.8. The minimum Gasteiger partial charge on any atom is -0.534 e. The zero-order valence-electron chi connectivity index (χ0n) is 15.5. The van der Waals surface area contributed by atoms with Crippen LogP contribution in [0.1, 0.15) is 26.3 Å². The van der Waals surface area contributed by atoms with E-state index in [4.69, 9.17) is 4.43 Å². The molecule has 0 aliphatic carbocycles. The van der Waals surface area contributed by atoms with E-state index in [2.05, 4.69) is 113 Å². The Morgan fingerprint density at radius 1 is 0.640 bits per heavy atom. The van der Waals surface area contributed by atoms with Crippen LogP contribution in [0, 0.1) is 6.92 Å². The molecule has 2 heteroatoms. The van der Waals surface area contributed by atoms with Gasteiger partial charge in [0.05, 0.1) is 0 Å². The van der Waals surface area contributed by atoms with Gasteiger partial charge in [0.2, 0.25) is 0 Å². The van der Waals surface area contributed by atoms with Crippen LogP contribution >= 0.6 is 0 Å². The molecule has 0 amide bonds. The van der Waals surface area contributed by atoms with Gasteiger partial charge >= 0.3 is 8.32 Å². The monoisotopic (exact) mass is 346 g/mol. The molecule has 0 aromatic heterocycles. The summed E-state index contributed by atoms with van der Waals surface area (Å²) >= 11 is 0. The van der Waals surface area contributed by atoms with Crippen molar-refractivity contribution in [2.45, 2.75) is 32.7 Å². The van der Waals surface area contributed by atoms with E-state index in [1.165, 1.54) is 15.9 Å². The molecular formula is C23H26OSi. The third-order valence-electron chi connectivity index (χ3n) is 4.77. The Hall–Kier alpha value is -2.32. The van der Waals surface area contributed by atoms with E-state index < -0.39 is 8.32 Å². The van der Waals surface area contributed by atoms with E-state index in [-0.39, 0.29) is 5.04 Å². The fourth-order valence-electron chi connectivity index (χ4n) is 3.49. The number of hydrogen-bond acceptors (Lipinski definition) is 1. The molecule has 0 radical (unpaired) electrons. The lowest BCUT2D eigenvalue weighted by Crippen LogP contribution is -2.68. The fourth-order valence-corrected chi connectivity index (χ4v) is 7.98. The Labute approximate surface area is 152 Å². The molecule has 3 rings (SSSR count). The summed E-state index contributed by atoms with van der Waals surface area (Å²) in [5, 5.41) is 2.59. The van der Waals surface area contributed by atoms with Crippen LogP contribution in [0.4, 0.5) is 0 Å². The van der Waals surface area contributed by atoms with Crippen LogP contribution in [0.2, 0.25) is 5.04 Å². The minimum atomic E-state index is -2.52. The molecule has 0 unspecified atom stereocenters. The van der Waals surface area contributed by atoms with Crippen molar-refractivity contribution >= 4 is 18.7 Å². The van der Waals surface area contributed by atoms with Gasteiger partial charge in [0.25, 0.3) is 0 Å². The van der Waals surface area contributed by atoms with Crippen LogP contribution in [0.5, 0.6) is 5.75 Å². The molecule has 3 aromatic carbocycles. The van der Waals surface area contributed by atoms with Gasteiger partial charge in [0.15, 0.2) is 0 Å². The first kappa shape index (κ1) is 17.5. The van der Waals surface area contributed by atoms with Crippen molar-refractivity contribution in [1.29, 1.82) is 0 Å². The third kappa shape index (κ3) is 3.27. The quantitative estimate of drug-likeness (QED) is 0.608. The topological polar surface area (TPSA) is 9.23 Å². The second kappa shape index (κ2) is 6.89. The van der Waals surface area contributed by atoms with Crippen molar-refractivity contribution < 1.29 is 4.43 Å². The Balaban J connectivity index is 2.28. The van der Waals surface area contributed by atoms with Crippen LogP contribution < -0.4 is 14.8 Å². The molecule has 0 spiro atoms. The molecule has 0 heterocycles. The maximum absolute atomic E-state index is 7.01. The summed E-state index contributed by atoms with van der Waals surface area (Å²) in [6.07, 6.45) is 0. The predicted molar refractivity (Wildman–Crippen MR) is 109 cm³/mol. The number of benzene rings is 3. The first-order valence-electron chi connectivity index (χ1n) is 8.81.